The van der Waals surface area contributed by atoms with Crippen molar-refractivity contribution in [3.8, 4) is 0 Å². The molecule has 5 rings (SSSR count). The Balaban J connectivity index is 1.17. The van der Waals surface area contributed by atoms with E-state index in [1.165, 1.54) is 50.5 Å². The van der Waals surface area contributed by atoms with Gasteiger partial charge < -0.3 is 9.30 Å². The monoisotopic (exact) mass is 440 g/mol. The van der Waals surface area contributed by atoms with Crippen molar-refractivity contribution in [1.82, 2.24) is 14.3 Å². The Morgan fingerprint density at radius 1 is 1.09 bits per heavy atom. The number of ketones is 1. The molecule has 0 amide bonds. The summed E-state index contributed by atoms with van der Waals surface area (Å²) in [6.07, 6.45) is 25.5. The second kappa shape index (κ2) is 9.74. The van der Waals surface area contributed by atoms with Gasteiger partial charge in [-0.05, 0) is 55.0 Å². The molecular formula is C28H32N4O. The zero-order valence-corrected chi connectivity index (χ0v) is 19.2. The molecule has 3 aliphatic rings. The normalized spacial score (nSPS) is 18.4. The van der Waals surface area contributed by atoms with E-state index in [-0.39, 0.29) is 5.78 Å². The number of aliphatic imine (C=N–C) groups is 1. The highest BCUT2D eigenvalue weighted by molar-refractivity contribution is 6.04. The van der Waals surface area contributed by atoms with Gasteiger partial charge in [0.25, 0.3) is 0 Å². The molecule has 33 heavy (non-hydrogen) atoms. The minimum atomic E-state index is 0.0201. The first-order chi connectivity index (χ1) is 16.2. The fourth-order valence-electron chi connectivity index (χ4n) is 5.09. The zero-order chi connectivity index (χ0) is 22.6. The van der Waals surface area contributed by atoms with Crippen molar-refractivity contribution >= 4 is 17.3 Å². The fourth-order valence-corrected chi connectivity index (χ4v) is 5.09. The van der Waals surface area contributed by atoms with E-state index < -0.39 is 0 Å². The van der Waals surface area contributed by atoms with E-state index in [0.717, 1.165) is 35.2 Å². The van der Waals surface area contributed by atoms with Crippen LogP contribution in [0.2, 0.25) is 0 Å². The van der Waals surface area contributed by atoms with E-state index in [9.17, 15) is 4.79 Å². The van der Waals surface area contributed by atoms with Crippen LogP contribution in [0.3, 0.4) is 0 Å². The van der Waals surface area contributed by atoms with Crippen molar-refractivity contribution in [2.75, 3.05) is 0 Å². The molecule has 0 N–H and O–H groups in total. The van der Waals surface area contributed by atoms with E-state index in [1.54, 1.807) is 6.08 Å². The molecule has 0 saturated heterocycles. The summed E-state index contributed by atoms with van der Waals surface area (Å²) in [5.74, 6) is 1.69. The number of carbonyl (C=O) groups is 1. The number of allylic oxidation sites excluding steroid dienone is 4. The average Bonchev–Trinajstić information content (AvgIpc) is 3.25. The average molecular weight is 441 g/mol. The zero-order valence-electron chi connectivity index (χ0n) is 19.2. The van der Waals surface area contributed by atoms with Crippen molar-refractivity contribution in [2.45, 2.75) is 64.2 Å². The number of nitrogens with zero attached hydrogens (tertiary/aromatic N) is 4. The van der Waals surface area contributed by atoms with Crippen LogP contribution >= 0.6 is 0 Å². The fraction of sp³-hybridized carbons (Fsp3) is 0.393. The van der Waals surface area contributed by atoms with Gasteiger partial charge in [0.15, 0.2) is 5.78 Å². The summed E-state index contributed by atoms with van der Waals surface area (Å²) in [6, 6.07) is 4.29. The molecule has 1 saturated carbocycles. The van der Waals surface area contributed by atoms with Crippen LogP contribution in [0.5, 0.6) is 0 Å². The topological polar surface area (TPSA) is 50.0 Å². The lowest BCUT2D eigenvalue weighted by atomic mass is 9.85. The number of Topliss-reactive ketones (excluding diaryl/α,β-unsaturated/α-hetero) is 1. The molecule has 0 unspecified atom stereocenters. The minimum Gasteiger partial charge on any atom is -0.307 e. The van der Waals surface area contributed by atoms with Gasteiger partial charge in [-0.25, -0.2) is 9.98 Å². The van der Waals surface area contributed by atoms with Crippen LogP contribution in [0.4, 0.5) is 0 Å². The first-order valence-corrected chi connectivity index (χ1v) is 12.3. The van der Waals surface area contributed by atoms with Crippen molar-refractivity contribution in [3.05, 3.63) is 84.3 Å². The molecule has 1 aliphatic carbocycles. The number of fused-ring (bicyclic) bond motifs is 2. The first-order valence-electron chi connectivity index (χ1n) is 12.3. The second-order valence-corrected chi connectivity index (χ2v) is 9.42. The Hall–Kier alpha value is -3.21. The third-order valence-electron chi connectivity index (χ3n) is 6.94. The maximum atomic E-state index is 12.8. The quantitative estimate of drug-likeness (QED) is 0.511. The molecule has 1 fully saturated rings. The highest BCUT2D eigenvalue weighted by Crippen LogP contribution is 2.28. The number of amidine groups is 1. The summed E-state index contributed by atoms with van der Waals surface area (Å²) in [7, 11) is 0. The van der Waals surface area contributed by atoms with E-state index in [2.05, 4.69) is 40.5 Å². The van der Waals surface area contributed by atoms with Crippen LogP contribution in [0, 0.1) is 5.92 Å². The molecule has 0 radical (unpaired) electrons. The van der Waals surface area contributed by atoms with Crippen LogP contribution in [-0.4, -0.2) is 25.9 Å². The van der Waals surface area contributed by atoms with Crippen molar-refractivity contribution in [1.29, 1.82) is 0 Å². The predicted octanol–water partition coefficient (Wildman–Crippen LogP) is 5.93. The Labute approximate surface area is 195 Å². The molecule has 0 spiro atoms. The molecule has 2 aliphatic heterocycles. The number of hydrogen-bond acceptors (Lipinski definition) is 4. The highest BCUT2D eigenvalue weighted by Gasteiger charge is 2.21. The molecule has 0 atom stereocenters. The number of pyridine rings is 1. The Morgan fingerprint density at radius 3 is 2.85 bits per heavy atom. The number of imidazole rings is 1. The second-order valence-electron chi connectivity index (χ2n) is 9.42. The van der Waals surface area contributed by atoms with Crippen LogP contribution < -0.4 is 0 Å². The molecule has 5 heteroatoms. The van der Waals surface area contributed by atoms with Crippen molar-refractivity contribution in [3.63, 3.8) is 0 Å². The maximum Gasteiger partial charge on any atom is 0.181 e. The SMILES string of the molecule is C=C1C=C(C(=O)CCc2cn3cc(CCCC4CCCCC4)ccc3n2)N=C2C=CC=CN12. The molecule has 4 heterocycles. The first kappa shape index (κ1) is 21.6. The van der Waals surface area contributed by atoms with Gasteiger partial charge in [-0.2, -0.15) is 0 Å². The Bertz CT molecular complexity index is 1170. The van der Waals surface area contributed by atoms with Gasteiger partial charge in [-0.1, -0.05) is 57.2 Å². The summed E-state index contributed by atoms with van der Waals surface area (Å²) in [5, 5.41) is 0. The summed E-state index contributed by atoms with van der Waals surface area (Å²) < 4.78 is 2.11. The van der Waals surface area contributed by atoms with Crippen molar-refractivity contribution < 1.29 is 4.79 Å². The number of carbonyl (C=O) groups excluding carboxylic acids is 1. The van der Waals surface area contributed by atoms with Crippen molar-refractivity contribution in [2.24, 2.45) is 10.9 Å². The third-order valence-corrected chi connectivity index (χ3v) is 6.94. The van der Waals surface area contributed by atoms with Gasteiger partial charge in [0.05, 0.1) is 5.69 Å². The van der Waals surface area contributed by atoms with E-state index in [0.29, 0.717) is 18.5 Å². The molecule has 2 aromatic rings. The predicted molar refractivity (Wildman–Crippen MR) is 133 cm³/mol. The number of hydrogen-bond donors (Lipinski definition) is 0. The standard InChI is InChI=1S/C28H32N4O/c1-21-18-25(30-28-12-5-6-17-32(21)28)26(33)15-14-24-20-31-19-23(13-16-27(31)29-24)11-7-10-22-8-3-2-4-9-22/h5-6,12-13,16-20,22H,1-4,7-11,14-15H2. The minimum absolute atomic E-state index is 0.0201. The van der Waals surface area contributed by atoms with Crippen LogP contribution in [-0.2, 0) is 17.6 Å². The number of aromatic nitrogens is 2. The van der Waals surface area contributed by atoms with E-state index in [1.807, 2.05) is 29.3 Å². The van der Waals surface area contributed by atoms with Gasteiger partial charge in [-0.3, -0.25) is 4.79 Å². The lowest BCUT2D eigenvalue weighted by molar-refractivity contribution is -0.115. The molecule has 5 nitrogen and oxygen atoms in total. The molecule has 170 valence electrons. The summed E-state index contributed by atoms with van der Waals surface area (Å²) >= 11 is 0. The third kappa shape index (κ3) is 5.08. The molecular weight excluding hydrogens is 408 g/mol. The van der Waals surface area contributed by atoms with Gasteiger partial charge in [-0.15, -0.1) is 0 Å². The smallest absolute Gasteiger partial charge is 0.181 e. The summed E-state index contributed by atoms with van der Waals surface area (Å²) in [5.41, 5.74) is 4.46. The summed E-state index contributed by atoms with van der Waals surface area (Å²) in [4.78, 5) is 23.9. The Kier molecular flexibility index (Phi) is 6.38. The van der Waals surface area contributed by atoms with Gasteiger partial charge in [0, 0.05) is 30.7 Å². The maximum absolute atomic E-state index is 12.8. The van der Waals surface area contributed by atoms with Crippen LogP contribution in [0.15, 0.2) is 78.0 Å². The lowest BCUT2D eigenvalue weighted by Gasteiger charge is -2.26. The Morgan fingerprint density at radius 2 is 1.97 bits per heavy atom. The largest absolute Gasteiger partial charge is 0.307 e. The highest BCUT2D eigenvalue weighted by atomic mass is 16.1. The van der Waals surface area contributed by atoms with Gasteiger partial charge >= 0.3 is 0 Å². The molecule has 2 aromatic heterocycles. The van der Waals surface area contributed by atoms with Crippen LogP contribution in [0.25, 0.3) is 5.65 Å². The number of aryl methyl sites for hydroxylation is 2. The van der Waals surface area contributed by atoms with Gasteiger partial charge in [0.2, 0.25) is 0 Å². The van der Waals surface area contributed by atoms with Crippen LogP contribution in [0.1, 0.15) is 62.6 Å². The van der Waals surface area contributed by atoms with E-state index >= 15 is 0 Å². The summed E-state index contributed by atoms with van der Waals surface area (Å²) in [6.45, 7) is 4.05. The van der Waals surface area contributed by atoms with Gasteiger partial charge in [0.1, 0.15) is 17.2 Å². The lowest BCUT2D eigenvalue weighted by Crippen LogP contribution is -2.27. The number of rotatable bonds is 8. The van der Waals surface area contributed by atoms with E-state index in [4.69, 9.17) is 4.98 Å². The molecule has 0 aromatic carbocycles. The molecule has 0 bridgehead atoms.